The number of urea groups is 1. The predicted molar refractivity (Wildman–Crippen MR) is 94.2 cm³/mol. The third-order valence-corrected chi connectivity index (χ3v) is 4.39. The van der Waals surface area contributed by atoms with Crippen molar-refractivity contribution in [1.29, 1.82) is 0 Å². The fraction of sp³-hybridized carbons (Fsp3) is 0.316. The number of amides is 4. The molecule has 1 aliphatic heterocycles. The van der Waals surface area contributed by atoms with E-state index in [0.717, 1.165) is 10.5 Å². The van der Waals surface area contributed by atoms with Crippen molar-refractivity contribution in [2.75, 3.05) is 13.1 Å². The average molecular weight is 355 g/mol. The van der Waals surface area contributed by atoms with Gasteiger partial charge >= 0.3 is 6.03 Å². The topological polar surface area (TPSA) is 91.7 Å². The lowest BCUT2D eigenvalue weighted by molar-refractivity contribution is -0.135. The molecule has 7 nitrogen and oxygen atoms in total. The standard InChI is InChI=1S/C19H21N3O4/c1-13-8-9-15(26-13)19(2)17(24)22(18(25)21-19)12-16(23)20-11-10-14-6-4-3-5-7-14/h3-9H,10-12H2,1-2H3,(H,20,23)(H,21,25). The molecule has 1 unspecified atom stereocenters. The fourth-order valence-electron chi connectivity index (χ4n) is 2.90. The van der Waals surface area contributed by atoms with Gasteiger partial charge in [-0.2, -0.15) is 0 Å². The van der Waals surface area contributed by atoms with Crippen LogP contribution in [-0.2, 0) is 21.5 Å². The Kier molecular flexibility index (Phi) is 4.79. The molecule has 1 atom stereocenters. The summed E-state index contributed by atoms with van der Waals surface area (Å²) in [5, 5.41) is 5.34. The molecular weight excluding hydrogens is 334 g/mol. The number of carbonyl (C=O) groups excluding carboxylic acids is 3. The van der Waals surface area contributed by atoms with E-state index in [0.29, 0.717) is 24.5 Å². The molecule has 2 N–H and O–H groups in total. The molecule has 1 aliphatic rings. The first-order valence-corrected chi connectivity index (χ1v) is 8.42. The molecule has 0 aliphatic carbocycles. The summed E-state index contributed by atoms with van der Waals surface area (Å²) in [6, 6.07) is 12.5. The highest BCUT2D eigenvalue weighted by Crippen LogP contribution is 2.29. The Bertz CT molecular complexity index is 830. The molecule has 7 heteroatoms. The van der Waals surface area contributed by atoms with Crippen LogP contribution in [0.15, 0.2) is 46.9 Å². The molecule has 1 aromatic carbocycles. The van der Waals surface area contributed by atoms with Gasteiger partial charge < -0.3 is 15.1 Å². The van der Waals surface area contributed by atoms with Crippen LogP contribution in [0.2, 0.25) is 0 Å². The van der Waals surface area contributed by atoms with E-state index >= 15 is 0 Å². The Morgan fingerprint density at radius 2 is 1.92 bits per heavy atom. The Hall–Kier alpha value is -3.09. The number of furan rings is 1. The summed E-state index contributed by atoms with van der Waals surface area (Å²) < 4.78 is 5.49. The summed E-state index contributed by atoms with van der Waals surface area (Å²) in [7, 11) is 0. The number of carbonyl (C=O) groups is 3. The van der Waals surface area contributed by atoms with Crippen LogP contribution in [0.25, 0.3) is 0 Å². The van der Waals surface area contributed by atoms with E-state index in [-0.39, 0.29) is 12.5 Å². The fourth-order valence-corrected chi connectivity index (χ4v) is 2.90. The lowest BCUT2D eigenvalue weighted by Gasteiger charge is -2.19. The normalized spacial score (nSPS) is 19.5. The summed E-state index contributed by atoms with van der Waals surface area (Å²) >= 11 is 0. The predicted octanol–water partition coefficient (Wildman–Crippen LogP) is 1.71. The molecule has 26 heavy (non-hydrogen) atoms. The van der Waals surface area contributed by atoms with Crippen molar-refractivity contribution < 1.29 is 18.8 Å². The number of nitrogens with one attached hydrogen (secondary N) is 2. The van der Waals surface area contributed by atoms with Crippen molar-refractivity contribution in [3.63, 3.8) is 0 Å². The summed E-state index contributed by atoms with van der Waals surface area (Å²) in [6.45, 7) is 3.43. The second-order valence-corrected chi connectivity index (χ2v) is 6.44. The maximum absolute atomic E-state index is 12.7. The SMILES string of the molecule is Cc1ccc(C2(C)NC(=O)N(CC(=O)NCCc3ccccc3)C2=O)o1. The summed E-state index contributed by atoms with van der Waals surface area (Å²) in [4.78, 5) is 37.9. The van der Waals surface area contributed by atoms with Gasteiger partial charge in [0.15, 0.2) is 5.54 Å². The third-order valence-electron chi connectivity index (χ3n) is 4.39. The monoisotopic (exact) mass is 355 g/mol. The van der Waals surface area contributed by atoms with E-state index in [1.165, 1.54) is 0 Å². The van der Waals surface area contributed by atoms with E-state index in [4.69, 9.17) is 4.42 Å². The van der Waals surface area contributed by atoms with Gasteiger partial charge in [-0.1, -0.05) is 30.3 Å². The van der Waals surface area contributed by atoms with Gasteiger partial charge in [-0.05, 0) is 38.0 Å². The number of aryl methyl sites for hydroxylation is 1. The molecule has 3 rings (SSSR count). The van der Waals surface area contributed by atoms with E-state index < -0.39 is 17.5 Å². The molecule has 2 aromatic rings. The minimum absolute atomic E-state index is 0.325. The summed E-state index contributed by atoms with van der Waals surface area (Å²) in [5.41, 5.74) is -0.195. The molecule has 4 amide bonds. The maximum atomic E-state index is 12.7. The number of imide groups is 1. The highest BCUT2D eigenvalue weighted by atomic mass is 16.3. The van der Waals surface area contributed by atoms with Gasteiger partial charge in [0.25, 0.3) is 5.91 Å². The van der Waals surface area contributed by atoms with Crippen LogP contribution in [-0.4, -0.2) is 35.8 Å². The van der Waals surface area contributed by atoms with Gasteiger partial charge in [0, 0.05) is 6.54 Å². The molecule has 0 spiro atoms. The van der Waals surface area contributed by atoms with Crippen LogP contribution < -0.4 is 10.6 Å². The van der Waals surface area contributed by atoms with Crippen molar-refractivity contribution >= 4 is 17.8 Å². The van der Waals surface area contributed by atoms with Gasteiger partial charge in [0.05, 0.1) is 0 Å². The quantitative estimate of drug-likeness (QED) is 0.772. The highest BCUT2D eigenvalue weighted by Gasteiger charge is 2.51. The first-order chi connectivity index (χ1) is 12.4. The van der Waals surface area contributed by atoms with Crippen LogP contribution >= 0.6 is 0 Å². The van der Waals surface area contributed by atoms with Crippen molar-refractivity contribution in [3.8, 4) is 0 Å². The van der Waals surface area contributed by atoms with E-state index in [9.17, 15) is 14.4 Å². The lowest BCUT2D eigenvalue weighted by atomic mass is 9.99. The number of hydrogen-bond donors (Lipinski definition) is 2. The van der Waals surface area contributed by atoms with Gasteiger partial charge in [0.2, 0.25) is 5.91 Å². The molecular formula is C19H21N3O4. The molecule has 1 saturated heterocycles. The Balaban J connectivity index is 1.58. The van der Waals surface area contributed by atoms with Crippen LogP contribution in [0.1, 0.15) is 24.0 Å². The molecule has 2 heterocycles. The molecule has 0 saturated carbocycles. The van der Waals surface area contributed by atoms with Crippen molar-refractivity contribution in [2.45, 2.75) is 25.8 Å². The first kappa shape index (κ1) is 17.7. The summed E-state index contributed by atoms with van der Waals surface area (Å²) in [6.07, 6.45) is 0.677. The van der Waals surface area contributed by atoms with E-state index in [2.05, 4.69) is 10.6 Å². The number of benzene rings is 1. The molecule has 0 bridgehead atoms. The zero-order valence-electron chi connectivity index (χ0n) is 14.7. The minimum atomic E-state index is -1.30. The van der Waals surface area contributed by atoms with Crippen LogP contribution in [0, 0.1) is 6.92 Å². The summed E-state index contributed by atoms with van der Waals surface area (Å²) in [5.74, 6) is 0.0973. The van der Waals surface area contributed by atoms with Crippen molar-refractivity contribution in [1.82, 2.24) is 15.5 Å². The Labute approximate surface area is 151 Å². The lowest BCUT2D eigenvalue weighted by Crippen LogP contribution is -2.43. The number of rotatable bonds is 6. The van der Waals surface area contributed by atoms with Crippen molar-refractivity contribution in [2.24, 2.45) is 0 Å². The van der Waals surface area contributed by atoms with E-state index in [1.54, 1.807) is 26.0 Å². The number of nitrogens with zero attached hydrogens (tertiary/aromatic N) is 1. The third kappa shape index (κ3) is 3.46. The minimum Gasteiger partial charge on any atom is -0.463 e. The van der Waals surface area contributed by atoms with Gasteiger partial charge in [-0.25, -0.2) is 4.79 Å². The van der Waals surface area contributed by atoms with Crippen molar-refractivity contribution in [3.05, 3.63) is 59.5 Å². The molecule has 1 fully saturated rings. The number of hydrogen-bond acceptors (Lipinski definition) is 4. The second kappa shape index (κ2) is 7.03. The van der Waals surface area contributed by atoms with Crippen LogP contribution in [0.3, 0.4) is 0 Å². The van der Waals surface area contributed by atoms with E-state index in [1.807, 2.05) is 30.3 Å². The smallest absolute Gasteiger partial charge is 0.325 e. The van der Waals surface area contributed by atoms with Crippen LogP contribution in [0.5, 0.6) is 0 Å². The van der Waals surface area contributed by atoms with Gasteiger partial charge in [0.1, 0.15) is 18.1 Å². The van der Waals surface area contributed by atoms with Crippen LogP contribution in [0.4, 0.5) is 4.79 Å². The van der Waals surface area contributed by atoms with Gasteiger partial charge in [-0.15, -0.1) is 0 Å². The average Bonchev–Trinajstić information content (AvgIpc) is 3.14. The zero-order valence-corrected chi connectivity index (χ0v) is 14.7. The highest BCUT2D eigenvalue weighted by molar-refractivity contribution is 6.08. The second-order valence-electron chi connectivity index (χ2n) is 6.44. The largest absolute Gasteiger partial charge is 0.463 e. The molecule has 136 valence electrons. The zero-order chi connectivity index (χ0) is 18.7. The Morgan fingerprint density at radius 1 is 1.19 bits per heavy atom. The Morgan fingerprint density at radius 3 is 2.58 bits per heavy atom. The first-order valence-electron chi connectivity index (χ1n) is 8.42. The molecule has 0 radical (unpaired) electrons. The molecule has 1 aromatic heterocycles. The van der Waals surface area contributed by atoms with Gasteiger partial charge in [-0.3, -0.25) is 14.5 Å². The maximum Gasteiger partial charge on any atom is 0.325 e.